The fraction of sp³-hybridized carbons (Fsp3) is 0.280. The van der Waals surface area contributed by atoms with Crippen LogP contribution in [0.2, 0.25) is 0 Å². The van der Waals surface area contributed by atoms with Gasteiger partial charge in [0.15, 0.2) is 23.2 Å². The molecule has 0 atom stereocenters. The number of hydrogen-bond donors (Lipinski definition) is 0. The molecule has 0 aromatic heterocycles. The Balaban J connectivity index is 1.68. The first kappa shape index (κ1) is 26.3. The summed E-state index contributed by atoms with van der Waals surface area (Å²) in [7, 11) is 0. The molecule has 0 spiro atoms. The molecule has 3 aromatic rings. The smallest absolute Gasteiger partial charge is 0.432 e. The fourth-order valence-electron chi connectivity index (χ4n) is 3.40. The van der Waals surface area contributed by atoms with Crippen LogP contribution in [0.3, 0.4) is 0 Å². The van der Waals surface area contributed by atoms with Crippen molar-refractivity contribution < 1.29 is 44.6 Å². The van der Waals surface area contributed by atoms with Crippen molar-refractivity contribution in [2.45, 2.75) is 45.1 Å². The number of benzene rings is 3. The summed E-state index contributed by atoms with van der Waals surface area (Å²) in [5, 5.41) is 0. The van der Waals surface area contributed by atoms with Gasteiger partial charge in [-0.2, -0.15) is 8.78 Å². The van der Waals surface area contributed by atoms with Crippen molar-refractivity contribution in [1.82, 2.24) is 0 Å². The van der Waals surface area contributed by atoms with Gasteiger partial charge in [-0.1, -0.05) is 49.7 Å². The molecule has 0 fully saturated rings. The van der Waals surface area contributed by atoms with Gasteiger partial charge in [-0.05, 0) is 41.7 Å². The van der Waals surface area contributed by atoms with Crippen LogP contribution < -0.4 is 9.47 Å². The van der Waals surface area contributed by atoms with Crippen molar-refractivity contribution in [3.8, 4) is 22.6 Å². The lowest BCUT2D eigenvalue weighted by molar-refractivity contribution is -0.275. The third kappa shape index (κ3) is 7.10. The summed E-state index contributed by atoms with van der Waals surface area (Å²) < 4.78 is 116. The van der Waals surface area contributed by atoms with E-state index in [9.17, 15) is 35.1 Å². The second-order valence-electron chi connectivity index (χ2n) is 7.73. The van der Waals surface area contributed by atoms with Crippen LogP contribution in [0.1, 0.15) is 30.9 Å². The maximum absolute atomic E-state index is 14.6. The summed E-state index contributed by atoms with van der Waals surface area (Å²) in [5.74, 6) is -6.02. The van der Waals surface area contributed by atoms with Gasteiger partial charge in [0.2, 0.25) is 0 Å². The molecule has 0 radical (unpaired) electrons. The van der Waals surface area contributed by atoms with E-state index in [0.717, 1.165) is 18.4 Å². The van der Waals surface area contributed by atoms with Gasteiger partial charge in [-0.25, -0.2) is 13.2 Å². The molecule has 0 N–H and O–H groups in total. The molecule has 0 heterocycles. The number of alkyl halides is 5. The molecule has 188 valence electrons. The minimum absolute atomic E-state index is 0.0195. The van der Waals surface area contributed by atoms with Crippen LogP contribution in [-0.4, -0.2) is 12.5 Å². The summed E-state index contributed by atoms with van der Waals surface area (Å²) >= 11 is 0. The predicted octanol–water partition coefficient (Wildman–Crippen LogP) is 8.23. The standard InChI is InChI=1S/C25H20F8O2/c1-2-3-15-4-6-16(7-5-15)19-10-8-17(22(27)23(19)28)12-13-24(29,30)34-18-9-11-21(20(26)14-18)35-25(31,32)33/h4-11,14H,2-3,12-13H2,1H3. The van der Waals surface area contributed by atoms with E-state index in [4.69, 9.17) is 0 Å². The zero-order valence-electron chi connectivity index (χ0n) is 18.4. The van der Waals surface area contributed by atoms with Gasteiger partial charge >= 0.3 is 12.5 Å². The van der Waals surface area contributed by atoms with Crippen LogP contribution in [0.25, 0.3) is 11.1 Å². The summed E-state index contributed by atoms with van der Waals surface area (Å²) in [6.07, 6.45) is -9.07. The highest BCUT2D eigenvalue weighted by molar-refractivity contribution is 5.65. The third-order valence-electron chi connectivity index (χ3n) is 5.05. The van der Waals surface area contributed by atoms with Gasteiger partial charge in [0, 0.05) is 11.6 Å². The molecular formula is C25H20F8O2. The van der Waals surface area contributed by atoms with Crippen molar-refractivity contribution in [3.05, 3.63) is 83.2 Å². The number of ether oxygens (including phenoxy) is 2. The number of halogens is 8. The first-order valence-corrected chi connectivity index (χ1v) is 10.6. The Morgan fingerprint density at radius 1 is 0.743 bits per heavy atom. The molecule has 0 aliphatic heterocycles. The first-order chi connectivity index (χ1) is 16.4. The Kier molecular flexibility index (Phi) is 7.92. The van der Waals surface area contributed by atoms with Crippen LogP contribution in [0.5, 0.6) is 11.5 Å². The van der Waals surface area contributed by atoms with Gasteiger partial charge < -0.3 is 9.47 Å². The van der Waals surface area contributed by atoms with E-state index in [1.807, 2.05) is 6.92 Å². The second kappa shape index (κ2) is 10.5. The quantitative estimate of drug-likeness (QED) is 0.273. The van der Waals surface area contributed by atoms with Crippen molar-refractivity contribution >= 4 is 0 Å². The number of rotatable bonds is 9. The van der Waals surface area contributed by atoms with E-state index in [1.165, 1.54) is 12.1 Å². The largest absolute Gasteiger partial charge is 0.573 e. The van der Waals surface area contributed by atoms with E-state index in [2.05, 4.69) is 9.47 Å². The Hall–Kier alpha value is -3.30. The highest BCUT2D eigenvalue weighted by Crippen LogP contribution is 2.33. The van der Waals surface area contributed by atoms with Gasteiger partial charge in [-0.15, -0.1) is 13.2 Å². The Morgan fingerprint density at radius 2 is 1.43 bits per heavy atom. The third-order valence-corrected chi connectivity index (χ3v) is 5.05. The Labute approximate surface area is 196 Å². The van der Waals surface area contributed by atoms with Crippen LogP contribution >= 0.6 is 0 Å². The summed E-state index contributed by atoms with van der Waals surface area (Å²) in [5.41, 5.74) is 1.13. The maximum atomic E-state index is 14.6. The van der Waals surface area contributed by atoms with E-state index in [0.29, 0.717) is 23.8 Å². The van der Waals surface area contributed by atoms with Gasteiger partial charge in [-0.3, -0.25) is 0 Å². The predicted molar refractivity (Wildman–Crippen MR) is 113 cm³/mol. The average molecular weight is 504 g/mol. The molecule has 0 bridgehead atoms. The lowest BCUT2D eigenvalue weighted by atomic mass is 9.99. The monoisotopic (exact) mass is 504 g/mol. The van der Waals surface area contributed by atoms with Crippen molar-refractivity contribution in [2.24, 2.45) is 0 Å². The van der Waals surface area contributed by atoms with Crippen molar-refractivity contribution in [2.75, 3.05) is 0 Å². The number of hydrogen-bond acceptors (Lipinski definition) is 2. The summed E-state index contributed by atoms with van der Waals surface area (Å²) in [4.78, 5) is 0. The van der Waals surface area contributed by atoms with Gasteiger partial charge in [0.05, 0.1) is 6.42 Å². The molecule has 35 heavy (non-hydrogen) atoms. The van der Waals surface area contributed by atoms with Gasteiger partial charge in [0.1, 0.15) is 5.75 Å². The zero-order valence-corrected chi connectivity index (χ0v) is 18.4. The van der Waals surface area contributed by atoms with E-state index < -0.39 is 54.3 Å². The summed E-state index contributed by atoms with van der Waals surface area (Å²) in [6, 6.07) is 10.8. The Morgan fingerprint density at radius 3 is 2.03 bits per heavy atom. The first-order valence-electron chi connectivity index (χ1n) is 10.6. The molecule has 3 aromatic carbocycles. The lowest BCUT2D eigenvalue weighted by Crippen LogP contribution is -2.25. The van der Waals surface area contributed by atoms with Crippen LogP contribution in [0.4, 0.5) is 35.1 Å². The van der Waals surface area contributed by atoms with Crippen LogP contribution in [-0.2, 0) is 12.8 Å². The topological polar surface area (TPSA) is 18.5 Å². The highest BCUT2D eigenvalue weighted by atomic mass is 19.4. The normalized spacial score (nSPS) is 12.0. The molecule has 0 amide bonds. The molecule has 0 aliphatic carbocycles. The molecule has 0 unspecified atom stereocenters. The fourth-order valence-corrected chi connectivity index (χ4v) is 3.40. The molecule has 0 saturated heterocycles. The van der Waals surface area contributed by atoms with E-state index >= 15 is 0 Å². The minimum atomic E-state index is -5.17. The number of aryl methyl sites for hydroxylation is 2. The maximum Gasteiger partial charge on any atom is 0.573 e. The molecular weight excluding hydrogens is 484 g/mol. The van der Waals surface area contributed by atoms with E-state index in [-0.39, 0.29) is 11.1 Å². The minimum Gasteiger partial charge on any atom is -0.432 e. The molecule has 10 heteroatoms. The lowest BCUT2D eigenvalue weighted by Gasteiger charge is -2.19. The molecule has 2 nitrogen and oxygen atoms in total. The van der Waals surface area contributed by atoms with Crippen LogP contribution in [0.15, 0.2) is 54.6 Å². The van der Waals surface area contributed by atoms with Gasteiger partial charge in [0.25, 0.3) is 0 Å². The molecule has 3 rings (SSSR count). The Bertz CT molecular complexity index is 1160. The highest BCUT2D eigenvalue weighted by Gasteiger charge is 2.34. The average Bonchev–Trinajstić information content (AvgIpc) is 2.77. The molecule has 0 aliphatic rings. The van der Waals surface area contributed by atoms with Crippen molar-refractivity contribution in [3.63, 3.8) is 0 Å². The summed E-state index contributed by atoms with van der Waals surface area (Å²) in [6.45, 7) is 2.01. The van der Waals surface area contributed by atoms with Crippen LogP contribution in [0, 0.1) is 17.5 Å². The SMILES string of the molecule is CCCc1ccc(-c2ccc(CCC(F)(F)Oc3ccc(OC(F)(F)F)c(F)c3)c(F)c2F)cc1. The zero-order chi connectivity index (χ0) is 25.8. The second-order valence-corrected chi connectivity index (χ2v) is 7.73. The molecule has 0 saturated carbocycles. The van der Waals surface area contributed by atoms with E-state index in [1.54, 1.807) is 24.3 Å². The van der Waals surface area contributed by atoms with Crippen molar-refractivity contribution in [1.29, 1.82) is 0 Å².